The maximum atomic E-state index is 12.3. The highest BCUT2D eigenvalue weighted by atomic mass is 16.2. The van der Waals surface area contributed by atoms with Crippen LogP contribution in [0.2, 0.25) is 0 Å². The molecule has 98 valence electrons. The summed E-state index contributed by atoms with van der Waals surface area (Å²) in [5.41, 5.74) is -0.725. The molecule has 1 atom stereocenters. The molecule has 1 fully saturated rings. The van der Waals surface area contributed by atoms with Crippen LogP contribution >= 0.6 is 0 Å². The summed E-state index contributed by atoms with van der Waals surface area (Å²) in [5, 5.41) is 2.83. The molecule has 1 aliphatic rings. The number of piperazine rings is 1. The Morgan fingerprint density at radius 3 is 2.41 bits per heavy atom. The molecule has 0 aromatic heterocycles. The van der Waals surface area contributed by atoms with Crippen LogP contribution in [-0.4, -0.2) is 34.8 Å². The standard InChI is InChI=1S/C13H24N2O2/c1-6-7-8-15-11(16)10(9(2)3)14-12(17)13(15,4)5/h9-10H,6-8H2,1-5H3,(H,14,17). The normalized spacial score (nSPS) is 24.1. The first-order chi connectivity index (χ1) is 7.82. The molecule has 1 rings (SSSR count). The Bertz CT molecular complexity index is 311. The highest BCUT2D eigenvalue weighted by Gasteiger charge is 2.46. The van der Waals surface area contributed by atoms with Gasteiger partial charge in [-0.3, -0.25) is 9.59 Å². The molecule has 17 heavy (non-hydrogen) atoms. The second kappa shape index (κ2) is 5.07. The Kier molecular flexibility index (Phi) is 4.17. The van der Waals surface area contributed by atoms with Gasteiger partial charge in [-0.15, -0.1) is 0 Å². The van der Waals surface area contributed by atoms with Crippen LogP contribution in [0.15, 0.2) is 0 Å². The molecule has 0 bridgehead atoms. The number of unbranched alkanes of at least 4 members (excludes halogenated alkanes) is 1. The minimum Gasteiger partial charge on any atom is -0.342 e. The van der Waals surface area contributed by atoms with Gasteiger partial charge in [0.2, 0.25) is 11.8 Å². The number of hydrogen-bond acceptors (Lipinski definition) is 2. The molecule has 4 heteroatoms. The van der Waals surface area contributed by atoms with Crippen molar-refractivity contribution in [1.82, 2.24) is 10.2 Å². The van der Waals surface area contributed by atoms with E-state index in [1.807, 2.05) is 27.7 Å². The van der Waals surface area contributed by atoms with Crippen LogP contribution in [0.5, 0.6) is 0 Å². The molecule has 0 spiro atoms. The van der Waals surface area contributed by atoms with Crippen LogP contribution in [0.4, 0.5) is 0 Å². The summed E-state index contributed by atoms with van der Waals surface area (Å²) in [6.45, 7) is 10.3. The maximum absolute atomic E-state index is 12.3. The lowest BCUT2D eigenvalue weighted by molar-refractivity contribution is -0.156. The topological polar surface area (TPSA) is 49.4 Å². The third-order valence-electron chi connectivity index (χ3n) is 3.45. The van der Waals surface area contributed by atoms with E-state index in [4.69, 9.17) is 0 Å². The number of hydrogen-bond donors (Lipinski definition) is 1. The van der Waals surface area contributed by atoms with E-state index in [-0.39, 0.29) is 23.8 Å². The van der Waals surface area contributed by atoms with Crippen molar-refractivity contribution >= 4 is 11.8 Å². The monoisotopic (exact) mass is 240 g/mol. The van der Waals surface area contributed by atoms with E-state index in [1.165, 1.54) is 0 Å². The average molecular weight is 240 g/mol. The number of carbonyl (C=O) groups excluding carboxylic acids is 2. The smallest absolute Gasteiger partial charge is 0.246 e. The minimum absolute atomic E-state index is 0.0492. The third kappa shape index (κ3) is 2.61. The van der Waals surface area contributed by atoms with E-state index in [1.54, 1.807) is 4.90 Å². The van der Waals surface area contributed by atoms with Gasteiger partial charge in [-0.05, 0) is 26.2 Å². The Morgan fingerprint density at radius 2 is 1.94 bits per heavy atom. The van der Waals surface area contributed by atoms with Crippen molar-refractivity contribution in [3.8, 4) is 0 Å². The summed E-state index contributed by atoms with van der Waals surface area (Å²) < 4.78 is 0. The summed E-state index contributed by atoms with van der Waals surface area (Å²) in [6.07, 6.45) is 1.96. The third-order valence-corrected chi connectivity index (χ3v) is 3.45. The molecule has 1 N–H and O–H groups in total. The highest BCUT2D eigenvalue weighted by molar-refractivity contribution is 5.99. The van der Waals surface area contributed by atoms with Crippen molar-refractivity contribution in [3.63, 3.8) is 0 Å². The highest BCUT2D eigenvalue weighted by Crippen LogP contribution is 2.24. The van der Waals surface area contributed by atoms with Gasteiger partial charge in [0.15, 0.2) is 0 Å². The van der Waals surface area contributed by atoms with Gasteiger partial charge in [-0.1, -0.05) is 27.2 Å². The number of rotatable bonds is 4. The summed E-state index contributed by atoms with van der Waals surface area (Å²) in [5.74, 6) is 0.136. The van der Waals surface area contributed by atoms with Gasteiger partial charge in [0, 0.05) is 6.54 Å². The van der Waals surface area contributed by atoms with Crippen LogP contribution in [0, 0.1) is 5.92 Å². The second-order valence-corrected chi connectivity index (χ2v) is 5.60. The zero-order chi connectivity index (χ0) is 13.2. The molecule has 2 amide bonds. The quantitative estimate of drug-likeness (QED) is 0.810. The van der Waals surface area contributed by atoms with Crippen molar-refractivity contribution in [2.24, 2.45) is 5.92 Å². The molecule has 1 saturated heterocycles. The first-order valence-corrected chi connectivity index (χ1v) is 6.44. The van der Waals surface area contributed by atoms with E-state index in [2.05, 4.69) is 12.2 Å². The van der Waals surface area contributed by atoms with Gasteiger partial charge in [0.25, 0.3) is 0 Å². The van der Waals surface area contributed by atoms with E-state index < -0.39 is 5.54 Å². The summed E-state index contributed by atoms with van der Waals surface area (Å²) in [7, 11) is 0. The molecule has 4 nitrogen and oxygen atoms in total. The molecule has 1 aliphatic heterocycles. The van der Waals surface area contributed by atoms with Crippen molar-refractivity contribution in [1.29, 1.82) is 0 Å². The number of carbonyl (C=O) groups is 2. The molecule has 0 aromatic carbocycles. The lowest BCUT2D eigenvalue weighted by Crippen LogP contribution is -2.69. The Labute approximate surface area is 104 Å². The molecule has 1 heterocycles. The first-order valence-electron chi connectivity index (χ1n) is 6.44. The molecule has 1 unspecified atom stereocenters. The lowest BCUT2D eigenvalue weighted by atomic mass is 9.91. The average Bonchev–Trinajstić information content (AvgIpc) is 2.23. The number of nitrogens with zero attached hydrogens (tertiary/aromatic N) is 1. The van der Waals surface area contributed by atoms with Gasteiger partial charge >= 0.3 is 0 Å². The molecule has 0 saturated carbocycles. The van der Waals surface area contributed by atoms with E-state index in [0.29, 0.717) is 6.54 Å². The second-order valence-electron chi connectivity index (χ2n) is 5.60. The van der Waals surface area contributed by atoms with Crippen molar-refractivity contribution in [3.05, 3.63) is 0 Å². The molecule has 0 aromatic rings. The zero-order valence-corrected chi connectivity index (χ0v) is 11.5. The van der Waals surface area contributed by atoms with Crippen LogP contribution in [0.25, 0.3) is 0 Å². The van der Waals surface area contributed by atoms with Crippen molar-refractivity contribution in [2.45, 2.75) is 59.0 Å². The first kappa shape index (κ1) is 14.0. The van der Waals surface area contributed by atoms with Gasteiger partial charge in [0.05, 0.1) is 0 Å². The maximum Gasteiger partial charge on any atom is 0.246 e. The SMILES string of the molecule is CCCCN1C(=O)C(C(C)C)NC(=O)C1(C)C. The molecule has 0 radical (unpaired) electrons. The molecular formula is C13H24N2O2. The largest absolute Gasteiger partial charge is 0.342 e. The van der Waals surface area contributed by atoms with E-state index in [9.17, 15) is 9.59 Å². The lowest BCUT2D eigenvalue weighted by Gasteiger charge is -2.45. The summed E-state index contributed by atoms with van der Waals surface area (Å²) >= 11 is 0. The molecular weight excluding hydrogens is 216 g/mol. The Balaban J connectivity index is 2.93. The predicted octanol–water partition coefficient (Wildman–Crippen LogP) is 1.55. The fourth-order valence-electron chi connectivity index (χ4n) is 2.10. The Hall–Kier alpha value is -1.06. The van der Waals surface area contributed by atoms with Crippen LogP contribution in [0.1, 0.15) is 47.5 Å². The van der Waals surface area contributed by atoms with Gasteiger partial charge in [0.1, 0.15) is 11.6 Å². The fourth-order valence-corrected chi connectivity index (χ4v) is 2.10. The number of amides is 2. The van der Waals surface area contributed by atoms with Gasteiger partial charge in [-0.2, -0.15) is 0 Å². The van der Waals surface area contributed by atoms with Crippen molar-refractivity contribution < 1.29 is 9.59 Å². The van der Waals surface area contributed by atoms with Gasteiger partial charge in [-0.25, -0.2) is 0 Å². The van der Waals surface area contributed by atoms with E-state index >= 15 is 0 Å². The van der Waals surface area contributed by atoms with Crippen LogP contribution < -0.4 is 5.32 Å². The number of nitrogens with one attached hydrogen (secondary N) is 1. The fraction of sp³-hybridized carbons (Fsp3) is 0.846. The summed E-state index contributed by atoms with van der Waals surface area (Å²) in [4.78, 5) is 26.1. The molecule has 0 aliphatic carbocycles. The van der Waals surface area contributed by atoms with Crippen LogP contribution in [-0.2, 0) is 9.59 Å². The summed E-state index contributed by atoms with van der Waals surface area (Å²) in [6, 6.07) is -0.368. The Morgan fingerprint density at radius 1 is 1.35 bits per heavy atom. The van der Waals surface area contributed by atoms with Crippen LogP contribution in [0.3, 0.4) is 0 Å². The van der Waals surface area contributed by atoms with E-state index in [0.717, 1.165) is 12.8 Å². The predicted molar refractivity (Wildman–Crippen MR) is 67.5 cm³/mol. The zero-order valence-electron chi connectivity index (χ0n) is 11.5. The van der Waals surface area contributed by atoms with Crippen molar-refractivity contribution in [2.75, 3.05) is 6.54 Å². The van der Waals surface area contributed by atoms with Gasteiger partial charge < -0.3 is 10.2 Å². The minimum atomic E-state index is -0.725.